The first-order chi connectivity index (χ1) is 8.28. The summed E-state index contributed by atoms with van der Waals surface area (Å²) in [4.78, 5) is 16.6. The van der Waals surface area contributed by atoms with Gasteiger partial charge in [0.05, 0.1) is 0 Å². The summed E-state index contributed by atoms with van der Waals surface area (Å²) in [5.74, 6) is 0.948. The number of nitrogens with one attached hydrogen (secondary N) is 1. The van der Waals surface area contributed by atoms with Crippen LogP contribution < -0.4 is 5.32 Å². The number of carbonyl (C=O) groups excluding carboxylic acids is 1. The number of amidine groups is 1. The molecule has 0 aromatic heterocycles. The van der Waals surface area contributed by atoms with E-state index in [2.05, 4.69) is 22.4 Å². The first-order valence-corrected chi connectivity index (χ1v) is 6.23. The van der Waals surface area contributed by atoms with Crippen LogP contribution in [0.5, 0.6) is 0 Å². The molecule has 0 radical (unpaired) electrons. The third-order valence-corrected chi connectivity index (χ3v) is 3.67. The molecule has 1 aromatic rings. The predicted molar refractivity (Wildman–Crippen MR) is 74.2 cm³/mol. The summed E-state index contributed by atoms with van der Waals surface area (Å²) in [5, 5.41) is 2.95. The molecule has 1 aromatic carbocycles. The number of aliphatic imine (C=N–C) groups is 1. The van der Waals surface area contributed by atoms with Gasteiger partial charge in [-0.05, 0) is 18.4 Å². The van der Waals surface area contributed by atoms with E-state index in [0.717, 1.165) is 37.9 Å². The van der Waals surface area contributed by atoms with Crippen LogP contribution in [0.15, 0.2) is 35.3 Å². The van der Waals surface area contributed by atoms with Crippen molar-refractivity contribution in [1.82, 2.24) is 5.32 Å². The summed E-state index contributed by atoms with van der Waals surface area (Å²) < 4.78 is 0. The lowest BCUT2D eigenvalue weighted by Crippen LogP contribution is -2.37. The predicted octanol–water partition coefficient (Wildman–Crippen LogP) is 2.49. The highest BCUT2D eigenvalue weighted by Crippen LogP contribution is 2.36. The van der Waals surface area contributed by atoms with Gasteiger partial charge in [-0.1, -0.05) is 43.2 Å². The molecule has 1 fully saturated rings. The van der Waals surface area contributed by atoms with Crippen LogP contribution in [0.2, 0.25) is 0 Å². The number of hydrogen-bond acceptors (Lipinski definition) is 2. The summed E-state index contributed by atoms with van der Waals surface area (Å²) in [6, 6.07) is 10.1. The number of amides is 1. The maximum atomic E-state index is 12.0. The lowest BCUT2D eigenvalue weighted by Gasteiger charge is -2.14. The maximum absolute atomic E-state index is 12.0. The van der Waals surface area contributed by atoms with Gasteiger partial charge >= 0.3 is 0 Å². The molecule has 0 saturated heterocycles. The molecule has 4 heteroatoms. The Labute approximate surface area is 113 Å². The second-order valence-corrected chi connectivity index (χ2v) is 4.91. The highest BCUT2D eigenvalue weighted by Gasteiger charge is 2.45. The molecule has 96 valence electrons. The molecule has 0 bridgehead atoms. The van der Waals surface area contributed by atoms with Gasteiger partial charge in [0.15, 0.2) is 0 Å². The SMILES string of the molecule is Cl.O=C1NC(Cc2ccccc2)=NC12CCCC2. The van der Waals surface area contributed by atoms with Gasteiger partial charge in [-0.2, -0.15) is 0 Å². The molecule has 1 spiro atoms. The third kappa shape index (κ3) is 2.27. The molecule has 3 nitrogen and oxygen atoms in total. The van der Waals surface area contributed by atoms with Gasteiger partial charge in [0, 0.05) is 6.42 Å². The topological polar surface area (TPSA) is 41.5 Å². The summed E-state index contributed by atoms with van der Waals surface area (Å²) in [6.45, 7) is 0. The fourth-order valence-corrected chi connectivity index (χ4v) is 2.76. The first-order valence-electron chi connectivity index (χ1n) is 6.23. The van der Waals surface area contributed by atoms with E-state index in [1.165, 1.54) is 5.56 Å². The Morgan fingerprint density at radius 1 is 1.17 bits per heavy atom. The van der Waals surface area contributed by atoms with Gasteiger partial charge in [-0.3, -0.25) is 9.79 Å². The molecular weight excluding hydrogens is 248 g/mol. The van der Waals surface area contributed by atoms with Crippen LogP contribution in [0.1, 0.15) is 31.2 Å². The van der Waals surface area contributed by atoms with Crippen LogP contribution in [-0.2, 0) is 11.2 Å². The third-order valence-electron chi connectivity index (χ3n) is 3.67. The Bertz CT molecular complexity index is 464. The van der Waals surface area contributed by atoms with E-state index in [1.54, 1.807) is 0 Å². The largest absolute Gasteiger partial charge is 0.312 e. The Hall–Kier alpha value is -1.35. The Morgan fingerprint density at radius 2 is 1.83 bits per heavy atom. The first kappa shape index (κ1) is 13.1. The summed E-state index contributed by atoms with van der Waals surface area (Å²) >= 11 is 0. The molecule has 3 rings (SSSR count). The summed E-state index contributed by atoms with van der Waals surface area (Å²) in [5.41, 5.74) is 0.783. The van der Waals surface area contributed by atoms with E-state index in [0.29, 0.717) is 0 Å². The second kappa shape index (κ2) is 5.11. The van der Waals surface area contributed by atoms with Crippen molar-refractivity contribution in [3.63, 3.8) is 0 Å². The van der Waals surface area contributed by atoms with Crippen molar-refractivity contribution < 1.29 is 4.79 Å². The average Bonchev–Trinajstić information content (AvgIpc) is 2.90. The molecule has 1 N–H and O–H groups in total. The molecule has 1 aliphatic carbocycles. The van der Waals surface area contributed by atoms with E-state index < -0.39 is 5.54 Å². The number of benzene rings is 1. The number of hydrogen-bond donors (Lipinski definition) is 1. The molecule has 0 atom stereocenters. The number of rotatable bonds is 2. The fraction of sp³-hybridized carbons (Fsp3) is 0.429. The molecule has 1 heterocycles. The lowest BCUT2D eigenvalue weighted by atomic mass is 9.99. The van der Waals surface area contributed by atoms with E-state index >= 15 is 0 Å². The smallest absolute Gasteiger partial charge is 0.253 e. The van der Waals surface area contributed by atoms with Crippen molar-refractivity contribution >= 4 is 24.1 Å². The zero-order chi connectivity index (χ0) is 11.7. The fourth-order valence-electron chi connectivity index (χ4n) is 2.76. The van der Waals surface area contributed by atoms with Gasteiger partial charge in [0.25, 0.3) is 5.91 Å². The standard InChI is InChI=1S/C14H16N2O.ClH/c17-13-14(8-4-5-9-14)16-12(15-13)10-11-6-2-1-3-7-11;/h1-3,6-7H,4-5,8-10H2,(H,15,16,17);1H. The quantitative estimate of drug-likeness (QED) is 0.876. The van der Waals surface area contributed by atoms with E-state index in [9.17, 15) is 4.79 Å². The monoisotopic (exact) mass is 264 g/mol. The Kier molecular flexibility index (Phi) is 3.71. The zero-order valence-electron chi connectivity index (χ0n) is 10.2. The molecule has 1 aliphatic heterocycles. The van der Waals surface area contributed by atoms with Gasteiger partial charge < -0.3 is 5.32 Å². The van der Waals surface area contributed by atoms with Crippen LogP contribution in [0, 0.1) is 0 Å². The minimum atomic E-state index is -0.413. The van der Waals surface area contributed by atoms with Gasteiger partial charge in [-0.25, -0.2) is 0 Å². The molecular formula is C14H17ClN2O. The normalized spacial score (nSPS) is 20.4. The number of nitrogens with zero attached hydrogens (tertiary/aromatic N) is 1. The van der Waals surface area contributed by atoms with Crippen molar-refractivity contribution in [1.29, 1.82) is 0 Å². The number of carbonyl (C=O) groups is 1. The van der Waals surface area contributed by atoms with Gasteiger partial charge in [-0.15, -0.1) is 12.4 Å². The van der Waals surface area contributed by atoms with E-state index in [4.69, 9.17) is 0 Å². The van der Waals surface area contributed by atoms with Gasteiger partial charge in [0.1, 0.15) is 11.4 Å². The highest BCUT2D eigenvalue weighted by molar-refractivity contribution is 6.09. The van der Waals surface area contributed by atoms with Crippen LogP contribution in [0.4, 0.5) is 0 Å². The van der Waals surface area contributed by atoms with Gasteiger partial charge in [0.2, 0.25) is 0 Å². The van der Waals surface area contributed by atoms with Crippen LogP contribution >= 0.6 is 12.4 Å². The highest BCUT2D eigenvalue weighted by atomic mass is 35.5. The Balaban J connectivity index is 0.00000120. The van der Waals surface area contributed by atoms with Crippen LogP contribution in [0.25, 0.3) is 0 Å². The molecule has 2 aliphatic rings. The Morgan fingerprint density at radius 3 is 2.50 bits per heavy atom. The van der Waals surface area contributed by atoms with Crippen LogP contribution in [0.3, 0.4) is 0 Å². The van der Waals surface area contributed by atoms with E-state index in [1.807, 2.05) is 18.2 Å². The average molecular weight is 265 g/mol. The maximum Gasteiger partial charge on any atom is 0.253 e. The van der Waals surface area contributed by atoms with Crippen molar-refractivity contribution in [3.8, 4) is 0 Å². The van der Waals surface area contributed by atoms with E-state index in [-0.39, 0.29) is 18.3 Å². The van der Waals surface area contributed by atoms with Crippen molar-refractivity contribution in [2.45, 2.75) is 37.6 Å². The number of halogens is 1. The molecule has 1 amide bonds. The minimum absolute atomic E-state index is 0. The van der Waals surface area contributed by atoms with Crippen molar-refractivity contribution in [2.24, 2.45) is 4.99 Å². The van der Waals surface area contributed by atoms with Crippen molar-refractivity contribution in [3.05, 3.63) is 35.9 Å². The lowest BCUT2D eigenvalue weighted by molar-refractivity contribution is -0.123. The molecule has 1 saturated carbocycles. The second-order valence-electron chi connectivity index (χ2n) is 4.91. The van der Waals surface area contributed by atoms with Crippen LogP contribution in [-0.4, -0.2) is 17.3 Å². The zero-order valence-corrected chi connectivity index (χ0v) is 11.0. The molecule has 18 heavy (non-hydrogen) atoms. The van der Waals surface area contributed by atoms with Crippen molar-refractivity contribution in [2.75, 3.05) is 0 Å². The molecule has 0 unspecified atom stereocenters. The minimum Gasteiger partial charge on any atom is -0.312 e. The summed E-state index contributed by atoms with van der Waals surface area (Å²) in [6.07, 6.45) is 4.80. The summed E-state index contributed by atoms with van der Waals surface area (Å²) in [7, 11) is 0.